The van der Waals surface area contributed by atoms with Crippen LogP contribution in [0.2, 0.25) is 0 Å². The fourth-order valence-corrected chi connectivity index (χ4v) is 3.16. The average molecular weight is 341 g/mol. The van der Waals surface area contributed by atoms with Gasteiger partial charge in [-0.15, -0.1) is 11.3 Å². The van der Waals surface area contributed by atoms with Crippen LogP contribution in [0.1, 0.15) is 44.3 Å². The molecule has 0 saturated heterocycles. The van der Waals surface area contributed by atoms with Gasteiger partial charge in [0.05, 0.1) is 11.1 Å². The van der Waals surface area contributed by atoms with E-state index in [1.54, 1.807) is 11.3 Å². The predicted molar refractivity (Wildman–Crippen MR) is 99.4 cm³/mol. The van der Waals surface area contributed by atoms with Crippen LogP contribution in [-0.4, -0.2) is 43.8 Å². The molecule has 0 aliphatic carbocycles. The van der Waals surface area contributed by atoms with Gasteiger partial charge in [0.1, 0.15) is 0 Å². The number of aromatic nitrogens is 1. The first-order valence-electron chi connectivity index (χ1n) is 8.53. The van der Waals surface area contributed by atoms with E-state index in [-0.39, 0.29) is 0 Å². The summed E-state index contributed by atoms with van der Waals surface area (Å²) < 4.78 is 5.76. The first-order valence-corrected chi connectivity index (χ1v) is 9.41. The van der Waals surface area contributed by atoms with Gasteiger partial charge in [-0.3, -0.25) is 4.99 Å². The van der Waals surface area contributed by atoms with Crippen molar-refractivity contribution in [3.05, 3.63) is 16.1 Å². The maximum absolute atomic E-state index is 5.76. The third-order valence-electron chi connectivity index (χ3n) is 3.60. The van der Waals surface area contributed by atoms with Crippen LogP contribution < -0.4 is 10.6 Å². The Balaban J connectivity index is 2.18. The van der Waals surface area contributed by atoms with Crippen molar-refractivity contribution < 1.29 is 4.74 Å². The number of aliphatic imine (C=N–C) groups is 1. The molecule has 6 heteroatoms. The van der Waals surface area contributed by atoms with Crippen LogP contribution in [0.25, 0.3) is 0 Å². The highest BCUT2D eigenvalue weighted by Crippen LogP contribution is 2.11. The fourth-order valence-electron chi connectivity index (χ4n) is 2.34. The van der Waals surface area contributed by atoms with Gasteiger partial charge in [-0.05, 0) is 32.6 Å². The average Bonchev–Trinajstić information content (AvgIpc) is 2.93. The molecular formula is C17H32N4OS. The smallest absolute Gasteiger partial charge is 0.190 e. The topological polar surface area (TPSA) is 58.5 Å². The second-order valence-electron chi connectivity index (χ2n) is 5.94. The number of ether oxygens (including phenoxy) is 1. The van der Waals surface area contributed by atoms with Crippen LogP contribution in [0.5, 0.6) is 0 Å². The van der Waals surface area contributed by atoms with Gasteiger partial charge >= 0.3 is 0 Å². The molecule has 0 radical (unpaired) electrons. The van der Waals surface area contributed by atoms with Crippen LogP contribution in [-0.2, 0) is 11.2 Å². The van der Waals surface area contributed by atoms with Crippen LogP contribution in [0.4, 0.5) is 0 Å². The SMILES string of the molecule is CCOC(CCNC(=NC)NCCCc1nc(C)cs1)C(C)C. The van der Waals surface area contributed by atoms with Crippen molar-refractivity contribution in [1.82, 2.24) is 15.6 Å². The Kier molecular flexibility index (Phi) is 9.87. The molecule has 0 spiro atoms. The summed E-state index contributed by atoms with van der Waals surface area (Å²) in [6.45, 7) is 11.0. The molecule has 132 valence electrons. The van der Waals surface area contributed by atoms with E-state index in [1.165, 1.54) is 5.01 Å². The summed E-state index contributed by atoms with van der Waals surface area (Å²) in [5.74, 6) is 1.40. The summed E-state index contributed by atoms with van der Waals surface area (Å²) >= 11 is 1.74. The molecule has 1 heterocycles. The van der Waals surface area contributed by atoms with Gasteiger partial charge in [0.25, 0.3) is 0 Å². The van der Waals surface area contributed by atoms with Crippen LogP contribution >= 0.6 is 11.3 Å². The lowest BCUT2D eigenvalue weighted by Crippen LogP contribution is -2.39. The van der Waals surface area contributed by atoms with E-state index in [9.17, 15) is 0 Å². The predicted octanol–water partition coefficient (Wildman–Crippen LogP) is 3.00. The maximum Gasteiger partial charge on any atom is 0.190 e. The van der Waals surface area contributed by atoms with Crippen molar-refractivity contribution >= 4 is 17.3 Å². The lowest BCUT2D eigenvalue weighted by atomic mass is 10.0. The van der Waals surface area contributed by atoms with Crippen LogP contribution in [0, 0.1) is 12.8 Å². The van der Waals surface area contributed by atoms with Crippen molar-refractivity contribution in [2.45, 2.75) is 53.1 Å². The zero-order valence-corrected chi connectivity index (χ0v) is 16.0. The van der Waals surface area contributed by atoms with Crippen molar-refractivity contribution in [1.29, 1.82) is 0 Å². The molecule has 23 heavy (non-hydrogen) atoms. The number of rotatable bonds is 10. The molecule has 0 aliphatic heterocycles. The monoisotopic (exact) mass is 340 g/mol. The van der Waals surface area contributed by atoms with Gasteiger partial charge in [-0.1, -0.05) is 13.8 Å². The molecule has 5 nitrogen and oxygen atoms in total. The minimum Gasteiger partial charge on any atom is -0.378 e. The Bertz CT molecular complexity index is 459. The normalized spacial score (nSPS) is 13.4. The second kappa shape index (κ2) is 11.4. The molecule has 1 rings (SSSR count). The summed E-state index contributed by atoms with van der Waals surface area (Å²) in [6.07, 6.45) is 3.37. The Morgan fingerprint density at radius 3 is 2.65 bits per heavy atom. The van der Waals surface area contributed by atoms with Crippen molar-refractivity contribution in [2.24, 2.45) is 10.9 Å². The number of hydrogen-bond donors (Lipinski definition) is 2. The molecule has 0 bridgehead atoms. The van der Waals surface area contributed by atoms with Gasteiger partial charge in [0, 0.05) is 44.2 Å². The molecule has 0 saturated carbocycles. The van der Waals surface area contributed by atoms with Crippen LogP contribution in [0.3, 0.4) is 0 Å². The highest BCUT2D eigenvalue weighted by atomic mass is 32.1. The Morgan fingerprint density at radius 2 is 2.09 bits per heavy atom. The zero-order chi connectivity index (χ0) is 17.1. The second-order valence-corrected chi connectivity index (χ2v) is 6.88. The quantitative estimate of drug-likeness (QED) is 0.390. The first-order chi connectivity index (χ1) is 11.1. The van der Waals surface area contributed by atoms with E-state index in [0.717, 1.165) is 50.6 Å². The van der Waals surface area contributed by atoms with Crippen molar-refractivity contribution in [3.8, 4) is 0 Å². The standard InChI is InChI=1S/C17H32N4OS/c1-6-22-15(13(2)3)9-11-20-17(18-5)19-10-7-8-16-21-14(4)12-23-16/h12-13,15H,6-11H2,1-5H3,(H2,18,19,20). The molecule has 1 atom stereocenters. The molecular weight excluding hydrogens is 308 g/mol. The number of aryl methyl sites for hydroxylation is 2. The minimum atomic E-state index is 0.304. The molecule has 0 amide bonds. The summed E-state index contributed by atoms with van der Waals surface area (Å²) in [4.78, 5) is 8.75. The Morgan fingerprint density at radius 1 is 1.35 bits per heavy atom. The van der Waals surface area contributed by atoms with Gasteiger partial charge in [0.2, 0.25) is 0 Å². The van der Waals surface area contributed by atoms with E-state index in [4.69, 9.17) is 4.74 Å². The number of guanidine groups is 1. The van der Waals surface area contributed by atoms with Gasteiger partial charge in [0.15, 0.2) is 5.96 Å². The van der Waals surface area contributed by atoms with Gasteiger partial charge in [-0.25, -0.2) is 4.98 Å². The summed E-state index contributed by atoms with van der Waals surface area (Å²) in [6, 6.07) is 0. The Hall–Kier alpha value is -1.14. The highest BCUT2D eigenvalue weighted by Gasteiger charge is 2.12. The van der Waals surface area contributed by atoms with Crippen molar-refractivity contribution in [2.75, 3.05) is 26.7 Å². The lowest BCUT2D eigenvalue weighted by Gasteiger charge is -2.21. The molecule has 0 aliphatic rings. The van der Waals surface area contributed by atoms with Gasteiger partial charge < -0.3 is 15.4 Å². The molecule has 1 aromatic rings. The first kappa shape index (κ1) is 19.9. The number of nitrogens with one attached hydrogen (secondary N) is 2. The number of hydrogen-bond acceptors (Lipinski definition) is 4. The molecule has 1 unspecified atom stereocenters. The fraction of sp³-hybridized carbons (Fsp3) is 0.765. The minimum absolute atomic E-state index is 0.304. The molecule has 2 N–H and O–H groups in total. The van der Waals surface area contributed by atoms with E-state index in [0.29, 0.717) is 12.0 Å². The third-order valence-corrected chi connectivity index (χ3v) is 4.62. The third kappa shape index (κ3) is 8.32. The number of nitrogens with zero attached hydrogens (tertiary/aromatic N) is 2. The largest absolute Gasteiger partial charge is 0.378 e. The number of thiazole rings is 1. The van der Waals surface area contributed by atoms with E-state index in [2.05, 4.69) is 39.8 Å². The molecule has 0 fully saturated rings. The molecule has 1 aromatic heterocycles. The van der Waals surface area contributed by atoms with E-state index >= 15 is 0 Å². The van der Waals surface area contributed by atoms with Crippen molar-refractivity contribution in [3.63, 3.8) is 0 Å². The highest BCUT2D eigenvalue weighted by molar-refractivity contribution is 7.09. The van der Waals surface area contributed by atoms with Gasteiger partial charge in [-0.2, -0.15) is 0 Å². The lowest BCUT2D eigenvalue weighted by molar-refractivity contribution is 0.0258. The van der Waals surface area contributed by atoms with E-state index in [1.807, 2.05) is 20.9 Å². The Labute approximate surface area is 145 Å². The summed E-state index contributed by atoms with van der Waals surface area (Å²) in [7, 11) is 1.81. The summed E-state index contributed by atoms with van der Waals surface area (Å²) in [5.41, 5.74) is 1.12. The van der Waals surface area contributed by atoms with E-state index < -0.39 is 0 Å². The van der Waals surface area contributed by atoms with Crippen LogP contribution in [0.15, 0.2) is 10.4 Å². The zero-order valence-electron chi connectivity index (χ0n) is 15.2. The molecule has 0 aromatic carbocycles. The maximum atomic E-state index is 5.76. The summed E-state index contributed by atoms with van der Waals surface area (Å²) in [5, 5.41) is 10.0.